The first-order valence-electron chi connectivity index (χ1n) is 7.08. The average molecular weight is 266 g/mol. The van der Waals surface area contributed by atoms with Gasteiger partial charge in [-0.15, -0.1) is 0 Å². The molecule has 0 aliphatic carbocycles. The molecular weight excluding hydrogens is 246 g/mol. The molecule has 0 spiro atoms. The normalized spacial score (nSPS) is 28.6. The minimum Gasteiger partial charge on any atom is -0.298 e. The molecule has 0 N–H and O–H groups in total. The number of hydrogen-bond acceptors (Lipinski definition) is 2. The van der Waals surface area contributed by atoms with Gasteiger partial charge in [0, 0.05) is 37.3 Å². The van der Waals surface area contributed by atoms with Crippen molar-refractivity contribution in [3.05, 3.63) is 35.4 Å². The minimum absolute atomic E-state index is 0.209. The van der Waals surface area contributed by atoms with E-state index in [9.17, 15) is 8.78 Å². The van der Waals surface area contributed by atoms with E-state index in [1.807, 2.05) is 0 Å². The summed E-state index contributed by atoms with van der Waals surface area (Å²) in [5.41, 5.74) is 0.209. The first-order chi connectivity index (χ1) is 9.16. The fraction of sp³-hybridized carbons (Fsp3) is 0.600. The zero-order valence-corrected chi connectivity index (χ0v) is 11.3. The van der Waals surface area contributed by atoms with Crippen molar-refractivity contribution in [2.24, 2.45) is 0 Å². The number of nitrogens with zero attached hydrogens (tertiary/aromatic N) is 2. The smallest absolute Gasteiger partial charge is 0.130 e. The zero-order chi connectivity index (χ0) is 13.4. The van der Waals surface area contributed by atoms with Crippen LogP contribution in [0.2, 0.25) is 0 Å². The van der Waals surface area contributed by atoms with Crippen LogP contribution < -0.4 is 0 Å². The monoisotopic (exact) mass is 266 g/mol. The van der Waals surface area contributed by atoms with E-state index in [1.165, 1.54) is 37.6 Å². The lowest BCUT2D eigenvalue weighted by molar-refractivity contribution is 0.0456. The quantitative estimate of drug-likeness (QED) is 0.812. The number of benzene rings is 1. The second-order valence-corrected chi connectivity index (χ2v) is 5.66. The Morgan fingerprint density at radius 3 is 2.63 bits per heavy atom. The maximum Gasteiger partial charge on any atom is 0.130 e. The maximum absolute atomic E-state index is 13.7. The van der Waals surface area contributed by atoms with Gasteiger partial charge >= 0.3 is 0 Å². The van der Waals surface area contributed by atoms with Crippen molar-refractivity contribution in [2.75, 3.05) is 19.6 Å². The molecule has 0 amide bonds. The highest BCUT2D eigenvalue weighted by molar-refractivity contribution is 5.20. The summed E-state index contributed by atoms with van der Waals surface area (Å²) in [6.45, 7) is 5.65. The van der Waals surface area contributed by atoms with Crippen LogP contribution >= 0.6 is 0 Å². The highest BCUT2D eigenvalue weighted by Crippen LogP contribution is 2.28. The van der Waals surface area contributed by atoms with E-state index < -0.39 is 11.6 Å². The van der Waals surface area contributed by atoms with Crippen LogP contribution in [-0.4, -0.2) is 41.5 Å². The molecule has 2 heterocycles. The van der Waals surface area contributed by atoms with Crippen molar-refractivity contribution in [1.29, 1.82) is 0 Å². The second-order valence-electron chi connectivity index (χ2n) is 5.66. The van der Waals surface area contributed by atoms with Gasteiger partial charge in [-0.2, -0.15) is 0 Å². The van der Waals surface area contributed by atoms with Crippen LogP contribution in [0.3, 0.4) is 0 Å². The Morgan fingerprint density at radius 1 is 1.16 bits per heavy atom. The lowest BCUT2D eigenvalue weighted by Gasteiger charge is -2.43. The molecule has 1 aromatic rings. The molecule has 2 atom stereocenters. The Balaban J connectivity index is 1.76. The first kappa shape index (κ1) is 13.0. The predicted octanol–water partition coefficient (Wildman–Crippen LogP) is 2.63. The molecule has 3 rings (SSSR count). The first-order valence-corrected chi connectivity index (χ1v) is 7.08. The number of piperazine rings is 1. The molecule has 2 aliphatic heterocycles. The highest BCUT2D eigenvalue weighted by atomic mass is 19.1. The van der Waals surface area contributed by atoms with Crippen LogP contribution in [0.4, 0.5) is 8.78 Å². The second kappa shape index (κ2) is 5.17. The SMILES string of the molecule is C[C@H]1[C@H]2CCCN2CCN1Cc1c(F)cccc1F. The Kier molecular flexibility index (Phi) is 3.54. The highest BCUT2D eigenvalue weighted by Gasteiger charge is 2.36. The van der Waals surface area contributed by atoms with Crippen LogP contribution in [0.5, 0.6) is 0 Å². The number of hydrogen-bond donors (Lipinski definition) is 0. The molecule has 19 heavy (non-hydrogen) atoms. The molecule has 104 valence electrons. The summed E-state index contributed by atoms with van der Waals surface area (Å²) in [6, 6.07) is 5.04. The van der Waals surface area contributed by atoms with Crippen molar-refractivity contribution in [3.8, 4) is 0 Å². The Morgan fingerprint density at radius 2 is 1.89 bits per heavy atom. The van der Waals surface area contributed by atoms with Crippen molar-refractivity contribution in [3.63, 3.8) is 0 Å². The average Bonchev–Trinajstić information content (AvgIpc) is 2.85. The van der Waals surface area contributed by atoms with E-state index in [0.717, 1.165) is 13.1 Å². The maximum atomic E-state index is 13.7. The van der Waals surface area contributed by atoms with Gasteiger partial charge < -0.3 is 0 Å². The topological polar surface area (TPSA) is 6.48 Å². The van der Waals surface area contributed by atoms with Crippen LogP contribution in [0, 0.1) is 11.6 Å². The molecule has 0 bridgehead atoms. The van der Waals surface area contributed by atoms with Gasteiger partial charge in [0.2, 0.25) is 0 Å². The van der Waals surface area contributed by atoms with E-state index in [2.05, 4.69) is 16.7 Å². The fourth-order valence-electron chi connectivity index (χ4n) is 3.49. The Bertz CT molecular complexity index is 443. The van der Waals surface area contributed by atoms with Crippen LogP contribution in [-0.2, 0) is 6.54 Å². The van der Waals surface area contributed by atoms with Gasteiger partial charge in [-0.05, 0) is 38.4 Å². The molecule has 2 fully saturated rings. The van der Waals surface area contributed by atoms with Gasteiger partial charge in [0.15, 0.2) is 0 Å². The zero-order valence-electron chi connectivity index (χ0n) is 11.3. The van der Waals surface area contributed by atoms with Crippen molar-refractivity contribution >= 4 is 0 Å². The molecule has 0 unspecified atom stereocenters. The van der Waals surface area contributed by atoms with E-state index in [-0.39, 0.29) is 5.56 Å². The van der Waals surface area contributed by atoms with Crippen molar-refractivity contribution in [1.82, 2.24) is 9.80 Å². The van der Waals surface area contributed by atoms with E-state index >= 15 is 0 Å². The third kappa shape index (κ3) is 2.39. The number of rotatable bonds is 2. The summed E-state index contributed by atoms with van der Waals surface area (Å²) in [5, 5.41) is 0. The Hall–Kier alpha value is -1.00. The lowest BCUT2D eigenvalue weighted by atomic mass is 10.0. The van der Waals surface area contributed by atoms with Gasteiger partial charge in [-0.3, -0.25) is 9.80 Å². The predicted molar refractivity (Wildman–Crippen MR) is 70.8 cm³/mol. The standard InChI is InChI=1S/C15H20F2N2/c1-11-15-6-3-7-18(15)8-9-19(11)10-12-13(16)4-2-5-14(12)17/h2,4-5,11,15H,3,6-10H2,1H3/t11-,15+/m0/s1. The van der Waals surface area contributed by atoms with E-state index in [1.54, 1.807) is 0 Å². The van der Waals surface area contributed by atoms with Gasteiger partial charge in [0.25, 0.3) is 0 Å². The summed E-state index contributed by atoms with van der Waals surface area (Å²) >= 11 is 0. The van der Waals surface area contributed by atoms with Crippen molar-refractivity contribution < 1.29 is 8.78 Å². The summed E-state index contributed by atoms with van der Waals surface area (Å²) in [7, 11) is 0. The van der Waals surface area contributed by atoms with Gasteiger partial charge in [0.1, 0.15) is 11.6 Å². The largest absolute Gasteiger partial charge is 0.298 e. The molecule has 1 aromatic carbocycles. The molecular formula is C15H20F2N2. The third-order valence-corrected chi connectivity index (χ3v) is 4.64. The fourth-order valence-corrected chi connectivity index (χ4v) is 3.49. The Labute approximate surface area is 113 Å². The van der Waals surface area contributed by atoms with Crippen LogP contribution in [0.25, 0.3) is 0 Å². The van der Waals surface area contributed by atoms with E-state index in [4.69, 9.17) is 0 Å². The number of fused-ring (bicyclic) bond motifs is 1. The summed E-state index contributed by atoms with van der Waals surface area (Å²) in [5.74, 6) is -0.859. The molecule has 0 radical (unpaired) electrons. The molecule has 2 aliphatic rings. The molecule has 2 saturated heterocycles. The summed E-state index contributed by atoms with van der Waals surface area (Å²) in [4.78, 5) is 4.73. The van der Waals surface area contributed by atoms with Gasteiger partial charge in [0.05, 0.1) is 0 Å². The van der Waals surface area contributed by atoms with Gasteiger partial charge in [-0.25, -0.2) is 8.78 Å². The molecule has 2 nitrogen and oxygen atoms in total. The van der Waals surface area contributed by atoms with Crippen LogP contribution in [0.15, 0.2) is 18.2 Å². The van der Waals surface area contributed by atoms with Crippen LogP contribution in [0.1, 0.15) is 25.3 Å². The molecule has 0 aromatic heterocycles. The van der Waals surface area contributed by atoms with Crippen molar-refractivity contribution in [2.45, 2.75) is 38.4 Å². The lowest BCUT2D eigenvalue weighted by Crippen LogP contribution is -2.55. The van der Waals surface area contributed by atoms with E-state index in [0.29, 0.717) is 18.6 Å². The third-order valence-electron chi connectivity index (χ3n) is 4.64. The summed E-state index contributed by atoms with van der Waals surface area (Å²) < 4.78 is 27.4. The molecule has 4 heteroatoms. The minimum atomic E-state index is -0.430. The van der Waals surface area contributed by atoms with Gasteiger partial charge in [-0.1, -0.05) is 6.07 Å². The number of halogens is 2. The summed E-state index contributed by atoms with van der Waals surface area (Å²) in [6.07, 6.45) is 2.45. The molecule has 0 saturated carbocycles.